The molecule has 0 unspecified atom stereocenters. The molecule has 0 spiro atoms. The van der Waals surface area contributed by atoms with E-state index in [2.05, 4.69) is 26.3 Å². The number of nitrogens with one attached hydrogen (secondary N) is 1. The van der Waals surface area contributed by atoms with Crippen molar-refractivity contribution >= 4 is 39.8 Å². The lowest BCUT2D eigenvalue weighted by Gasteiger charge is -2.30. The molecule has 1 aromatic carbocycles. The molecule has 7 nitrogen and oxygen atoms in total. The van der Waals surface area contributed by atoms with E-state index in [1.165, 1.54) is 12.8 Å². The first-order valence-electron chi connectivity index (χ1n) is 10.2. The van der Waals surface area contributed by atoms with Crippen molar-refractivity contribution in [3.05, 3.63) is 42.9 Å². The van der Waals surface area contributed by atoms with Gasteiger partial charge in [0.2, 0.25) is 11.9 Å². The minimum Gasteiger partial charge on any atom is -0.351 e. The minimum atomic E-state index is 0.109. The number of rotatable bonds is 3. The number of amides is 1. The van der Waals surface area contributed by atoms with Gasteiger partial charge in [-0.05, 0) is 36.4 Å². The predicted molar refractivity (Wildman–Crippen MR) is 115 cm³/mol. The number of aromatic nitrogens is 3. The van der Waals surface area contributed by atoms with E-state index in [9.17, 15) is 4.79 Å². The normalized spacial score (nSPS) is 17.5. The van der Waals surface area contributed by atoms with Crippen molar-refractivity contribution in [1.29, 1.82) is 0 Å². The van der Waals surface area contributed by atoms with E-state index in [0.29, 0.717) is 25.0 Å². The number of nitrogens with zero attached hydrogens (tertiary/aromatic N) is 5. The van der Waals surface area contributed by atoms with Gasteiger partial charge in [-0.1, -0.05) is 18.9 Å². The molecule has 1 aliphatic heterocycles. The Kier molecular flexibility index (Phi) is 4.50. The number of hydrogen-bond acceptors (Lipinski definition) is 6. The van der Waals surface area contributed by atoms with E-state index in [-0.39, 0.29) is 5.91 Å². The van der Waals surface area contributed by atoms with E-state index < -0.39 is 0 Å². The zero-order valence-corrected chi connectivity index (χ0v) is 16.5. The topological polar surface area (TPSA) is 74.2 Å². The standard InChI is InChI=1S/C22H24N6O/c1-27-19-14-24-22(25-17-7-6-15-8-10-23-13-16(15)12-17)26-21(19)28(11-9-20(27)29)18-4-2-3-5-18/h6-8,10,12-14,18H,2-5,9,11H2,1H3,(H,24,25,26). The fraction of sp³-hybridized carbons (Fsp3) is 0.364. The SMILES string of the molecule is CN1C(=O)CCN(C2CCCC2)c2nc(Nc3ccc4ccncc4c3)ncc21. The van der Waals surface area contributed by atoms with E-state index in [4.69, 9.17) is 4.98 Å². The third kappa shape index (κ3) is 3.37. The van der Waals surface area contributed by atoms with Gasteiger partial charge < -0.3 is 15.1 Å². The van der Waals surface area contributed by atoms with E-state index in [1.807, 2.05) is 31.4 Å². The van der Waals surface area contributed by atoms with Crippen LogP contribution in [0.25, 0.3) is 10.8 Å². The summed E-state index contributed by atoms with van der Waals surface area (Å²) >= 11 is 0. The second-order valence-electron chi connectivity index (χ2n) is 7.80. The summed E-state index contributed by atoms with van der Waals surface area (Å²) in [5.41, 5.74) is 1.70. The Morgan fingerprint density at radius 1 is 1.10 bits per heavy atom. The molecule has 2 aromatic heterocycles. The third-order valence-electron chi connectivity index (χ3n) is 5.99. The van der Waals surface area contributed by atoms with Gasteiger partial charge >= 0.3 is 0 Å². The molecular weight excluding hydrogens is 364 g/mol. The summed E-state index contributed by atoms with van der Waals surface area (Å²) in [5.74, 6) is 1.50. The highest BCUT2D eigenvalue weighted by atomic mass is 16.2. The fourth-order valence-corrected chi connectivity index (χ4v) is 4.36. The van der Waals surface area contributed by atoms with Crippen molar-refractivity contribution in [3.8, 4) is 0 Å². The second-order valence-corrected chi connectivity index (χ2v) is 7.80. The lowest BCUT2D eigenvalue weighted by Crippen LogP contribution is -2.34. The van der Waals surface area contributed by atoms with Gasteiger partial charge in [-0.25, -0.2) is 4.98 Å². The minimum absolute atomic E-state index is 0.109. The van der Waals surface area contributed by atoms with Crippen LogP contribution in [0.15, 0.2) is 42.9 Å². The fourth-order valence-electron chi connectivity index (χ4n) is 4.36. The number of anilines is 4. The quantitative estimate of drug-likeness (QED) is 0.734. The predicted octanol–water partition coefficient (Wildman–Crippen LogP) is 3.88. The molecular formula is C22H24N6O. The highest BCUT2D eigenvalue weighted by Gasteiger charge is 2.31. The smallest absolute Gasteiger partial charge is 0.229 e. The number of fused-ring (bicyclic) bond motifs is 2. The summed E-state index contributed by atoms with van der Waals surface area (Å²) in [4.78, 5) is 30.0. The maximum atomic E-state index is 12.5. The molecule has 3 heterocycles. The van der Waals surface area contributed by atoms with E-state index in [0.717, 1.165) is 40.8 Å². The summed E-state index contributed by atoms with van der Waals surface area (Å²) < 4.78 is 0. The summed E-state index contributed by atoms with van der Waals surface area (Å²) in [6.45, 7) is 0.707. The number of hydrogen-bond donors (Lipinski definition) is 1. The van der Waals surface area contributed by atoms with Crippen LogP contribution in [0.1, 0.15) is 32.1 Å². The van der Waals surface area contributed by atoms with Gasteiger partial charge in [0.15, 0.2) is 5.82 Å². The van der Waals surface area contributed by atoms with Gasteiger partial charge in [0.1, 0.15) is 5.69 Å². The summed E-state index contributed by atoms with van der Waals surface area (Å²) in [6, 6.07) is 8.55. The average Bonchev–Trinajstić information content (AvgIpc) is 3.24. The van der Waals surface area contributed by atoms with Crippen molar-refractivity contribution in [2.24, 2.45) is 0 Å². The maximum Gasteiger partial charge on any atom is 0.229 e. The molecule has 3 aromatic rings. The zero-order chi connectivity index (χ0) is 19.8. The Balaban J connectivity index is 1.50. The summed E-state index contributed by atoms with van der Waals surface area (Å²) in [5, 5.41) is 5.52. The Hall–Kier alpha value is -3.22. The highest BCUT2D eigenvalue weighted by Crippen LogP contribution is 2.36. The van der Waals surface area contributed by atoms with Crippen LogP contribution >= 0.6 is 0 Å². The third-order valence-corrected chi connectivity index (χ3v) is 5.99. The molecule has 1 fully saturated rings. The lowest BCUT2D eigenvalue weighted by molar-refractivity contribution is -0.118. The molecule has 1 aliphatic carbocycles. The molecule has 1 N–H and O–H groups in total. The van der Waals surface area contributed by atoms with Crippen LogP contribution in [0.5, 0.6) is 0 Å². The maximum absolute atomic E-state index is 12.5. The summed E-state index contributed by atoms with van der Waals surface area (Å²) in [7, 11) is 1.81. The molecule has 0 saturated heterocycles. The van der Waals surface area contributed by atoms with Gasteiger partial charge in [-0.15, -0.1) is 0 Å². The van der Waals surface area contributed by atoms with Crippen LogP contribution in [-0.2, 0) is 4.79 Å². The van der Waals surface area contributed by atoms with Gasteiger partial charge in [0.25, 0.3) is 0 Å². The van der Waals surface area contributed by atoms with Crippen LogP contribution in [0.3, 0.4) is 0 Å². The van der Waals surface area contributed by atoms with Gasteiger partial charge in [-0.2, -0.15) is 4.98 Å². The largest absolute Gasteiger partial charge is 0.351 e. The second kappa shape index (κ2) is 7.31. The lowest BCUT2D eigenvalue weighted by atomic mass is 10.1. The number of benzene rings is 1. The summed E-state index contributed by atoms with van der Waals surface area (Å²) in [6.07, 6.45) is 10.7. The van der Waals surface area contributed by atoms with Crippen LogP contribution in [0.2, 0.25) is 0 Å². The average molecular weight is 388 g/mol. The highest BCUT2D eigenvalue weighted by molar-refractivity contribution is 5.97. The monoisotopic (exact) mass is 388 g/mol. The molecule has 2 aliphatic rings. The number of carbonyl (C=O) groups is 1. The molecule has 7 heteroatoms. The van der Waals surface area contributed by atoms with Crippen LogP contribution in [0, 0.1) is 0 Å². The van der Waals surface area contributed by atoms with Crippen molar-refractivity contribution in [1.82, 2.24) is 15.0 Å². The van der Waals surface area contributed by atoms with Crippen molar-refractivity contribution in [2.75, 3.05) is 28.7 Å². The van der Waals surface area contributed by atoms with Crippen molar-refractivity contribution in [2.45, 2.75) is 38.1 Å². The molecule has 0 bridgehead atoms. The Morgan fingerprint density at radius 3 is 2.83 bits per heavy atom. The Labute approximate surface area is 169 Å². The van der Waals surface area contributed by atoms with E-state index in [1.54, 1.807) is 17.3 Å². The van der Waals surface area contributed by atoms with Gasteiger partial charge in [0, 0.05) is 49.5 Å². The molecule has 29 heavy (non-hydrogen) atoms. The molecule has 148 valence electrons. The van der Waals surface area contributed by atoms with Crippen LogP contribution in [-0.4, -0.2) is 40.5 Å². The Bertz CT molecular complexity index is 1060. The number of pyridine rings is 1. The first kappa shape index (κ1) is 17.8. The van der Waals surface area contributed by atoms with Crippen molar-refractivity contribution in [3.63, 3.8) is 0 Å². The Morgan fingerprint density at radius 2 is 1.97 bits per heavy atom. The first-order chi connectivity index (χ1) is 14.2. The van der Waals surface area contributed by atoms with Crippen LogP contribution in [0.4, 0.5) is 23.1 Å². The molecule has 0 atom stereocenters. The van der Waals surface area contributed by atoms with E-state index >= 15 is 0 Å². The van der Waals surface area contributed by atoms with Gasteiger partial charge in [-0.3, -0.25) is 9.78 Å². The number of carbonyl (C=O) groups excluding carboxylic acids is 1. The molecule has 5 rings (SSSR count). The molecule has 1 saturated carbocycles. The van der Waals surface area contributed by atoms with Gasteiger partial charge in [0.05, 0.1) is 6.20 Å². The zero-order valence-electron chi connectivity index (χ0n) is 16.5. The van der Waals surface area contributed by atoms with Crippen molar-refractivity contribution < 1.29 is 4.79 Å². The van der Waals surface area contributed by atoms with Crippen LogP contribution < -0.4 is 15.1 Å². The molecule has 0 radical (unpaired) electrons. The first-order valence-corrected chi connectivity index (χ1v) is 10.2. The molecule has 1 amide bonds.